The van der Waals surface area contributed by atoms with E-state index in [1.54, 1.807) is 25.2 Å². The van der Waals surface area contributed by atoms with E-state index in [1.165, 1.54) is 0 Å². The molecule has 0 saturated carbocycles. The van der Waals surface area contributed by atoms with Gasteiger partial charge in [0.2, 0.25) is 0 Å². The summed E-state index contributed by atoms with van der Waals surface area (Å²) in [5.41, 5.74) is 2.84. The predicted octanol–water partition coefficient (Wildman–Crippen LogP) is 3.65. The van der Waals surface area contributed by atoms with E-state index in [0.29, 0.717) is 11.3 Å². The van der Waals surface area contributed by atoms with Crippen molar-refractivity contribution in [1.82, 2.24) is 0 Å². The number of rotatable bonds is 6. The summed E-state index contributed by atoms with van der Waals surface area (Å²) in [7, 11) is 1.72. The van der Waals surface area contributed by atoms with Crippen LogP contribution in [0.25, 0.3) is 0 Å². The molecule has 0 aliphatic carbocycles. The maximum Gasteiger partial charge on any atom is 0.340 e. The van der Waals surface area contributed by atoms with Crippen molar-refractivity contribution in [1.29, 1.82) is 0 Å². The number of esters is 1. The highest BCUT2D eigenvalue weighted by molar-refractivity contribution is 5.98. The summed E-state index contributed by atoms with van der Waals surface area (Å²) in [6.45, 7) is 3.78. The van der Waals surface area contributed by atoms with Crippen LogP contribution in [0.4, 0.5) is 11.4 Å². The molecule has 0 spiro atoms. The molecule has 24 heavy (non-hydrogen) atoms. The van der Waals surface area contributed by atoms with Crippen molar-refractivity contribution in [3.8, 4) is 0 Å². The second-order valence-electron chi connectivity index (χ2n) is 5.66. The Morgan fingerprint density at radius 1 is 1.00 bits per heavy atom. The number of amides is 1. The van der Waals surface area contributed by atoms with E-state index in [4.69, 9.17) is 4.74 Å². The van der Waals surface area contributed by atoms with Crippen LogP contribution >= 0.6 is 0 Å². The lowest BCUT2D eigenvalue weighted by Crippen LogP contribution is -2.22. The first kappa shape index (κ1) is 17.5. The molecule has 0 atom stereocenters. The first-order valence-corrected chi connectivity index (χ1v) is 7.85. The normalized spacial score (nSPS) is 10.3. The summed E-state index contributed by atoms with van der Waals surface area (Å²) in [5, 5.41) is 5.72. The van der Waals surface area contributed by atoms with Crippen LogP contribution < -0.4 is 10.6 Å². The molecule has 0 aromatic heterocycles. The van der Waals surface area contributed by atoms with Gasteiger partial charge in [-0.25, -0.2) is 4.79 Å². The molecule has 2 aromatic carbocycles. The van der Waals surface area contributed by atoms with Crippen molar-refractivity contribution in [3.05, 3.63) is 59.7 Å². The third-order valence-corrected chi connectivity index (χ3v) is 3.61. The minimum atomic E-state index is -0.535. The largest absolute Gasteiger partial charge is 0.452 e. The van der Waals surface area contributed by atoms with Crippen molar-refractivity contribution >= 4 is 23.3 Å². The van der Waals surface area contributed by atoms with E-state index in [1.807, 2.05) is 30.3 Å². The number of hydrogen-bond donors (Lipinski definition) is 2. The summed E-state index contributed by atoms with van der Waals surface area (Å²) in [6, 6.07) is 14.6. The zero-order valence-electron chi connectivity index (χ0n) is 14.1. The van der Waals surface area contributed by atoms with Crippen molar-refractivity contribution < 1.29 is 14.3 Å². The second-order valence-corrected chi connectivity index (χ2v) is 5.66. The van der Waals surface area contributed by atoms with E-state index in [-0.39, 0.29) is 18.4 Å². The number of ether oxygens (including phenoxy) is 1. The zero-order valence-corrected chi connectivity index (χ0v) is 14.1. The molecule has 0 fully saturated rings. The molecule has 0 bridgehead atoms. The zero-order chi connectivity index (χ0) is 17.5. The topological polar surface area (TPSA) is 67.4 Å². The van der Waals surface area contributed by atoms with Gasteiger partial charge in [-0.2, -0.15) is 0 Å². The quantitative estimate of drug-likeness (QED) is 0.795. The lowest BCUT2D eigenvalue weighted by molar-refractivity contribution is -0.119. The highest BCUT2D eigenvalue weighted by Crippen LogP contribution is 2.23. The van der Waals surface area contributed by atoms with Crippen LogP contribution in [0.5, 0.6) is 0 Å². The molecule has 0 aliphatic heterocycles. The maximum absolute atomic E-state index is 12.1. The van der Waals surface area contributed by atoms with Crippen LogP contribution in [0.15, 0.2) is 48.5 Å². The van der Waals surface area contributed by atoms with Gasteiger partial charge in [0.25, 0.3) is 5.91 Å². The lowest BCUT2D eigenvalue weighted by Gasteiger charge is -2.14. The first-order chi connectivity index (χ1) is 11.5. The van der Waals surface area contributed by atoms with Gasteiger partial charge in [-0.1, -0.05) is 44.2 Å². The third-order valence-electron chi connectivity index (χ3n) is 3.61. The van der Waals surface area contributed by atoms with Gasteiger partial charge < -0.3 is 15.4 Å². The number of nitrogens with one attached hydrogen (secondary N) is 2. The van der Waals surface area contributed by atoms with Crippen molar-refractivity contribution in [2.45, 2.75) is 19.8 Å². The van der Waals surface area contributed by atoms with Crippen molar-refractivity contribution in [2.24, 2.45) is 0 Å². The fourth-order valence-corrected chi connectivity index (χ4v) is 2.39. The number of carbonyl (C=O) groups is 2. The Kier molecular flexibility index (Phi) is 5.95. The van der Waals surface area contributed by atoms with E-state index in [2.05, 4.69) is 24.5 Å². The molecule has 126 valence electrons. The highest BCUT2D eigenvalue weighted by atomic mass is 16.5. The molecule has 1 amide bonds. The molecule has 0 saturated heterocycles. The van der Waals surface area contributed by atoms with Gasteiger partial charge in [0.05, 0.1) is 5.56 Å². The molecular weight excluding hydrogens is 304 g/mol. The van der Waals surface area contributed by atoms with Crippen LogP contribution in [-0.2, 0) is 9.53 Å². The number of para-hydroxylation sites is 2. The fourth-order valence-electron chi connectivity index (χ4n) is 2.39. The number of anilines is 2. The summed E-state index contributed by atoms with van der Waals surface area (Å²) >= 11 is 0. The lowest BCUT2D eigenvalue weighted by atomic mass is 10.0. The smallest absolute Gasteiger partial charge is 0.340 e. The van der Waals surface area contributed by atoms with Gasteiger partial charge in [0, 0.05) is 18.4 Å². The SMILES string of the molecule is CNc1ccccc1C(=O)OCC(=O)Nc1ccccc1C(C)C. The molecular formula is C19H22N2O3. The molecule has 2 aromatic rings. The molecule has 2 N–H and O–H groups in total. The number of benzene rings is 2. The van der Waals surface area contributed by atoms with Crippen LogP contribution in [0.1, 0.15) is 35.7 Å². The Labute approximate surface area is 142 Å². The first-order valence-electron chi connectivity index (χ1n) is 7.85. The molecule has 0 heterocycles. The number of hydrogen-bond acceptors (Lipinski definition) is 4. The average molecular weight is 326 g/mol. The Balaban J connectivity index is 1.98. The molecule has 5 heteroatoms. The van der Waals surface area contributed by atoms with Gasteiger partial charge in [0.1, 0.15) is 0 Å². The third kappa shape index (κ3) is 4.35. The summed E-state index contributed by atoms with van der Waals surface area (Å²) < 4.78 is 5.11. The van der Waals surface area contributed by atoms with Crippen LogP contribution in [0.3, 0.4) is 0 Å². The second kappa shape index (κ2) is 8.15. The molecule has 0 unspecified atom stereocenters. The van der Waals surface area contributed by atoms with Gasteiger partial charge in [-0.3, -0.25) is 4.79 Å². The maximum atomic E-state index is 12.1. The molecule has 2 rings (SSSR count). The molecule has 0 aliphatic rings. The van der Waals surface area contributed by atoms with Gasteiger partial charge >= 0.3 is 5.97 Å². The Hall–Kier alpha value is -2.82. The van der Waals surface area contributed by atoms with Crippen molar-refractivity contribution in [2.75, 3.05) is 24.3 Å². The summed E-state index contributed by atoms with van der Waals surface area (Å²) in [4.78, 5) is 24.2. The fraction of sp³-hybridized carbons (Fsp3) is 0.263. The van der Waals surface area contributed by atoms with E-state index < -0.39 is 5.97 Å². The van der Waals surface area contributed by atoms with Gasteiger partial charge in [0.15, 0.2) is 6.61 Å². The minimum Gasteiger partial charge on any atom is -0.452 e. The predicted molar refractivity (Wildman–Crippen MR) is 95.4 cm³/mol. The van der Waals surface area contributed by atoms with E-state index >= 15 is 0 Å². The standard InChI is InChI=1S/C19H22N2O3/c1-13(2)14-8-4-7-11-17(14)21-18(22)12-24-19(23)15-9-5-6-10-16(15)20-3/h4-11,13,20H,12H2,1-3H3,(H,21,22). The van der Waals surface area contributed by atoms with Gasteiger partial charge in [-0.15, -0.1) is 0 Å². The summed E-state index contributed by atoms with van der Waals surface area (Å²) in [6.07, 6.45) is 0. The highest BCUT2D eigenvalue weighted by Gasteiger charge is 2.14. The van der Waals surface area contributed by atoms with Gasteiger partial charge in [-0.05, 0) is 29.7 Å². The molecule has 5 nitrogen and oxygen atoms in total. The van der Waals surface area contributed by atoms with Crippen LogP contribution in [0, 0.1) is 0 Å². The van der Waals surface area contributed by atoms with Crippen LogP contribution in [0.2, 0.25) is 0 Å². The number of carbonyl (C=O) groups excluding carboxylic acids is 2. The average Bonchev–Trinajstić information content (AvgIpc) is 2.59. The monoisotopic (exact) mass is 326 g/mol. The van der Waals surface area contributed by atoms with Crippen molar-refractivity contribution in [3.63, 3.8) is 0 Å². The summed E-state index contributed by atoms with van der Waals surface area (Å²) in [5.74, 6) is -0.614. The minimum absolute atomic E-state index is 0.284. The Morgan fingerprint density at radius 2 is 1.62 bits per heavy atom. The molecule has 0 radical (unpaired) electrons. The van der Waals surface area contributed by atoms with E-state index in [9.17, 15) is 9.59 Å². The van der Waals surface area contributed by atoms with Crippen LogP contribution in [-0.4, -0.2) is 25.5 Å². The Morgan fingerprint density at radius 3 is 2.29 bits per heavy atom. The van der Waals surface area contributed by atoms with E-state index in [0.717, 1.165) is 11.3 Å². The Bertz CT molecular complexity index is 726.